The van der Waals surface area contributed by atoms with Gasteiger partial charge in [0, 0.05) is 0 Å². The predicted octanol–water partition coefficient (Wildman–Crippen LogP) is 0.266. The Bertz CT molecular complexity index is 413. The van der Waals surface area contributed by atoms with Crippen molar-refractivity contribution >= 4 is 0 Å². The van der Waals surface area contributed by atoms with Gasteiger partial charge in [-0.15, -0.1) is 0 Å². The highest BCUT2D eigenvalue weighted by Gasteiger charge is 2.24. The maximum absolute atomic E-state index is 8.97. The Labute approximate surface area is 132 Å². The summed E-state index contributed by atoms with van der Waals surface area (Å²) in [6.07, 6.45) is 0.674. The van der Waals surface area contributed by atoms with E-state index in [4.69, 9.17) is 19.3 Å². The van der Waals surface area contributed by atoms with Crippen molar-refractivity contribution in [1.29, 1.82) is 0 Å². The summed E-state index contributed by atoms with van der Waals surface area (Å²) in [6.45, 7) is 9.34. The van der Waals surface area contributed by atoms with Crippen LogP contribution in [0.15, 0.2) is 24.3 Å². The number of benzene rings is 1. The van der Waals surface area contributed by atoms with E-state index in [1.807, 2.05) is 24.3 Å². The molecule has 1 saturated heterocycles. The van der Waals surface area contributed by atoms with Crippen LogP contribution in [-0.4, -0.2) is 56.8 Å². The number of rotatable bonds is 8. The van der Waals surface area contributed by atoms with E-state index in [0.717, 1.165) is 37.6 Å². The van der Waals surface area contributed by atoms with Crippen LogP contribution in [0.3, 0.4) is 0 Å². The van der Waals surface area contributed by atoms with E-state index in [9.17, 15) is 0 Å². The molecule has 0 unspecified atom stereocenters. The Balaban J connectivity index is 1.53. The third kappa shape index (κ3) is 5.93. The second kappa shape index (κ2) is 9.10. The highest BCUT2D eigenvalue weighted by atomic mass is 16.5. The fourth-order valence-electron chi connectivity index (χ4n) is 2.82. The minimum absolute atomic E-state index is 0.0600. The Morgan fingerprint density at radius 2 is 1.77 bits per heavy atom. The van der Waals surface area contributed by atoms with Gasteiger partial charge in [-0.05, 0) is 31.5 Å². The fourth-order valence-corrected chi connectivity index (χ4v) is 2.82. The first-order chi connectivity index (χ1) is 10.7. The van der Waals surface area contributed by atoms with E-state index < -0.39 is 0 Å². The maximum atomic E-state index is 8.97. The number of aliphatic hydroxyl groups is 1. The quantitative estimate of drug-likeness (QED) is 0.677. The van der Waals surface area contributed by atoms with Crippen molar-refractivity contribution < 1.29 is 24.2 Å². The largest absolute Gasteiger partial charge is 0.491 e. The van der Waals surface area contributed by atoms with Gasteiger partial charge in [0.2, 0.25) is 0 Å². The number of aliphatic hydroxyl groups excluding tert-OH is 1. The summed E-state index contributed by atoms with van der Waals surface area (Å²) >= 11 is 0. The zero-order chi connectivity index (χ0) is 15.8. The average Bonchev–Trinajstić information content (AvgIpc) is 2.50. The lowest BCUT2D eigenvalue weighted by Crippen LogP contribution is -3.15. The standard InChI is InChI=1S/C17H27NO4/c1-14-11-18(12-15(2)22-14)7-8-20-9-10-21-17-5-3-16(13-19)4-6-17/h3-6,14-15,19H,7-13H2,1-2H3/p+1/t14-,15-/m1/s1. The van der Waals surface area contributed by atoms with Crippen molar-refractivity contribution in [3.8, 4) is 5.75 Å². The van der Waals surface area contributed by atoms with E-state index >= 15 is 0 Å². The normalized spacial score (nSPS) is 25.1. The average molecular weight is 310 g/mol. The Kier molecular flexibility index (Phi) is 7.12. The first kappa shape index (κ1) is 17.2. The molecule has 5 heteroatoms. The monoisotopic (exact) mass is 310 g/mol. The van der Waals surface area contributed by atoms with Crippen LogP contribution in [0.2, 0.25) is 0 Å². The topological polar surface area (TPSA) is 52.4 Å². The van der Waals surface area contributed by atoms with Gasteiger partial charge in [0.1, 0.15) is 44.2 Å². The zero-order valence-corrected chi connectivity index (χ0v) is 13.6. The second-order valence-corrected chi connectivity index (χ2v) is 5.93. The minimum Gasteiger partial charge on any atom is -0.491 e. The summed E-state index contributed by atoms with van der Waals surface area (Å²) in [5, 5.41) is 8.97. The van der Waals surface area contributed by atoms with Gasteiger partial charge in [-0.1, -0.05) is 12.1 Å². The smallest absolute Gasteiger partial charge is 0.119 e. The lowest BCUT2D eigenvalue weighted by atomic mass is 10.2. The first-order valence-corrected chi connectivity index (χ1v) is 8.06. The second-order valence-electron chi connectivity index (χ2n) is 5.93. The molecule has 1 aliphatic rings. The molecule has 22 heavy (non-hydrogen) atoms. The van der Waals surface area contributed by atoms with Gasteiger partial charge in [0.15, 0.2) is 0 Å². The summed E-state index contributed by atoms with van der Waals surface area (Å²) in [5.74, 6) is 0.808. The molecule has 124 valence electrons. The number of ether oxygens (including phenoxy) is 3. The summed E-state index contributed by atoms with van der Waals surface area (Å²) < 4.78 is 17.0. The van der Waals surface area contributed by atoms with Crippen molar-refractivity contribution in [3.63, 3.8) is 0 Å². The molecule has 0 spiro atoms. The molecule has 2 rings (SSSR count). The summed E-state index contributed by atoms with van der Waals surface area (Å²) in [4.78, 5) is 1.55. The molecule has 0 radical (unpaired) electrons. The molecule has 5 nitrogen and oxygen atoms in total. The molecule has 0 aliphatic carbocycles. The Morgan fingerprint density at radius 3 is 2.41 bits per heavy atom. The highest BCUT2D eigenvalue weighted by Crippen LogP contribution is 2.11. The summed E-state index contributed by atoms with van der Waals surface area (Å²) in [6, 6.07) is 7.46. The Hall–Kier alpha value is -1.14. The third-order valence-electron chi connectivity index (χ3n) is 3.82. The number of morpholine rings is 1. The molecular weight excluding hydrogens is 282 g/mol. The molecular formula is C17H28NO4+. The number of nitrogens with one attached hydrogen (secondary N) is 1. The number of hydrogen-bond donors (Lipinski definition) is 2. The van der Waals surface area contributed by atoms with Crippen LogP contribution in [0.5, 0.6) is 5.75 Å². The molecule has 0 amide bonds. The molecule has 0 saturated carbocycles. The van der Waals surface area contributed by atoms with Crippen molar-refractivity contribution in [2.24, 2.45) is 0 Å². The molecule has 0 bridgehead atoms. The van der Waals surface area contributed by atoms with Gasteiger partial charge in [-0.25, -0.2) is 0 Å². The van der Waals surface area contributed by atoms with Crippen molar-refractivity contribution in [2.75, 3.05) is 39.5 Å². The molecule has 1 aromatic carbocycles. The fraction of sp³-hybridized carbons (Fsp3) is 0.647. The van der Waals surface area contributed by atoms with E-state index in [1.165, 1.54) is 0 Å². The lowest BCUT2D eigenvalue weighted by molar-refractivity contribution is -0.915. The van der Waals surface area contributed by atoms with E-state index in [2.05, 4.69) is 13.8 Å². The van der Waals surface area contributed by atoms with Crippen LogP contribution in [0, 0.1) is 0 Å². The van der Waals surface area contributed by atoms with Gasteiger partial charge in [0.05, 0.1) is 19.8 Å². The molecule has 2 atom stereocenters. The minimum atomic E-state index is 0.0600. The van der Waals surface area contributed by atoms with Gasteiger partial charge in [-0.2, -0.15) is 0 Å². The highest BCUT2D eigenvalue weighted by molar-refractivity contribution is 5.26. The molecule has 2 N–H and O–H groups in total. The van der Waals surface area contributed by atoms with Crippen molar-refractivity contribution in [3.05, 3.63) is 29.8 Å². The van der Waals surface area contributed by atoms with Crippen molar-refractivity contribution in [1.82, 2.24) is 0 Å². The third-order valence-corrected chi connectivity index (χ3v) is 3.82. The van der Waals surface area contributed by atoms with E-state index in [-0.39, 0.29) is 6.61 Å². The molecule has 0 aromatic heterocycles. The number of hydrogen-bond acceptors (Lipinski definition) is 4. The van der Waals surface area contributed by atoms with Crippen LogP contribution < -0.4 is 9.64 Å². The molecule has 1 heterocycles. The summed E-state index contributed by atoms with van der Waals surface area (Å²) in [7, 11) is 0. The van der Waals surface area contributed by atoms with Crippen LogP contribution in [0.25, 0.3) is 0 Å². The van der Waals surface area contributed by atoms with Gasteiger partial charge >= 0.3 is 0 Å². The number of quaternary nitrogens is 1. The summed E-state index contributed by atoms with van der Waals surface area (Å²) in [5.41, 5.74) is 0.889. The van der Waals surface area contributed by atoms with Crippen molar-refractivity contribution in [2.45, 2.75) is 32.7 Å². The van der Waals surface area contributed by atoms with E-state index in [0.29, 0.717) is 25.4 Å². The maximum Gasteiger partial charge on any atom is 0.119 e. The van der Waals surface area contributed by atoms with E-state index in [1.54, 1.807) is 4.90 Å². The Morgan fingerprint density at radius 1 is 1.09 bits per heavy atom. The zero-order valence-electron chi connectivity index (χ0n) is 13.6. The van der Waals surface area contributed by atoms with Crippen LogP contribution in [-0.2, 0) is 16.1 Å². The first-order valence-electron chi connectivity index (χ1n) is 8.06. The molecule has 1 aliphatic heterocycles. The lowest BCUT2D eigenvalue weighted by Gasteiger charge is -2.32. The van der Waals surface area contributed by atoms with Crippen LogP contribution >= 0.6 is 0 Å². The van der Waals surface area contributed by atoms with Gasteiger partial charge in [0.25, 0.3) is 0 Å². The van der Waals surface area contributed by atoms with Crippen LogP contribution in [0.4, 0.5) is 0 Å². The van der Waals surface area contributed by atoms with Gasteiger partial charge in [-0.3, -0.25) is 0 Å². The van der Waals surface area contributed by atoms with Gasteiger partial charge < -0.3 is 24.2 Å². The predicted molar refractivity (Wildman–Crippen MR) is 84.3 cm³/mol. The molecule has 1 aromatic rings. The SMILES string of the molecule is C[C@@H]1C[NH+](CCOCCOc2ccc(CO)cc2)C[C@@H](C)O1. The van der Waals surface area contributed by atoms with Crippen LogP contribution in [0.1, 0.15) is 19.4 Å². The molecule has 1 fully saturated rings.